The lowest BCUT2D eigenvalue weighted by Crippen LogP contribution is -2.27. The Morgan fingerprint density at radius 3 is 2.37 bits per heavy atom. The molecule has 1 aliphatic heterocycles. The molecule has 0 radical (unpaired) electrons. The second-order valence-electron chi connectivity index (χ2n) is 10.8. The fourth-order valence-corrected chi connectivity index (χ4v) is 5.15. The van der Waals surface area contributed by atoms with Crippen LogP contribution >= 0.6 is 0 Å². The molecule has 216 valence electrons. The summed E-state index contributed by atoms with van der Waals surface area (Å²) >= 11 is 0. The third kappa shape index (κ3) is 5.67. The molecule has 43 heavy (non-hydrogen) atoms. The number of rotatable bonds is 6. The number of anilines is 1. The highest BCUT2D eigenvalue weighted by molar-refractivity contribution is 6.06. The Bertz CT molecular complexity index is 1820. The Hall–Kier alpha value is -5.51. The molecule has 6 rings (SSSR count). The molecular weight excluding hydrogens is 542 g/mol. The smallest absolute Gasteiger partial charge is 0.321 e. The molecule has 0 unspecified atom stereocenters. The molecular formula is C33H31N7O3. The van der Waals surface area contributed by atoms with Gasteiger partial charge < -0.3 is 20.4 Å². The number of benzene rings is 3. The molecule has 0 atom stereocenters. The number of nitrogens with zero attached hydrogens (tertiary/aromatic N) is 5. The van der Waals surface area contributed by atoms with Crippen LogP contribution in [0, 0.1) is 0 Å². The van der Waals surface area contributed by atoms with E-state index in [9.17, 15) is 14.4 Å². The zero-order valence-corrected chi connectivity index (χ0v) is 24.2. The predicted octanol–water partition coefficient (Wildman–Crippen LogP) is 4.81. The summed E-state index contributed by atoms with van der Waals surface area (Å²) in [7, 11) is 5.16. The standard InChI is InChI=1S/C33H31N7O3/c1-38(2)33(43)36-26-13-6-21(7-14-26)18-35-31(41)30-27-17-24(12-15-29(27)39(3)37-30)22-8-10-23(11-9-22)32(42)40-19-25-5-4-16-34-28(25)20-40/h4-17H,18-20H2,1-3H3,(H,35,41)(H,36,43). The maximum absolute atomic E-state index is 13.2. The van der Waals surface area contributed by atoms with Gasteiger partial charge in [-0.15, -0.1) is 0 Å². The number of pyridine rings is 1. The fourth-order valence-electron chi connectivity index (χ4n) is 5.15. The highest BCUT2D eigenvalue weighted by atomic mass is 16.2. The van der Waals surface area contributed by atoms with Crippen LogP contribution in [0.1, 0.15) is 37.7 Å². The number of carbonyl (C=O) groups excluding carboxylic acids is 3. The molecule has 0 bridgehead atoms. The van der Waals surface area contributed by atoms with Crippen LogP contribution in [0.4, 0.5) is 10.5 Å². The highest BCUT2D eigenvalue weighted by Gasteiger charge is 2.25. The van der Waals surface area contributed by atoms with Gasteiger partial charge in [-0.05, 0) is 64.7 Å². The lowest BCUT2D eigenvalue weighted by molar-refractivity contribution is 0.0750. The number of nitrogens with one attached hydrogen (secondary N) is 2. The summed E-state index contributed by atoms with van der Waals surface area (Å²) in [5, 5.41) is 11.0. The first-order valence-electron chi connectivity index (χ1n) is 13.9. The average molecular weight is 574 g/mol. The minimum absolute atomic E-state index is 0.0285. The summed E-state index contributed by atoms with van der Waals surface area (Å²) in [5.41, 5.74) is 7.23. The number of urea groups is 1. The van der Waals surface area contributed by atoms with Crippen LogP contribution < -0.4 is 10.6 Å². The molecule has 0 saturated heterocycles. The van der Waals surface area contributed by atoms with Crippen molar-refractivity contribution < 1.29 is 14.4 Å². The van der Waals surface area contributed by atoms with Crippen molar-refractivity contribution in [2.45, 2.75) is 19.6 Å². The van der Waals surface area contributed by atoms with E-state index >= 15 is 0 Å². The molecule has 0 spiro atoms. The molecule has 0 aliphatic carbocycles. The van der Waals surface area contributed by atoms with Crippen LogP contribution in [-0.4, -0.2) is 56.5 Å². The molecule has 1 aliphatic rings. The summed E-state index contributed by atoms with van der Waals surface area (Å²) in [6.45, 7) is 1.39. The van der Waals surface area contributed by atoms with Crippen LogP contribution in [0.2, 0.25) is 0 Å². The topological polar surface area (TPSA) is 112 Å². The summed E-state index contributed by atoms with van der Waals surface area (Å²) in [4.78, 5) is 45.8. The monoisotopic (exact) mass is 573 g/mol. The second kappa shape index (κ2) is 11.4. The third-order valence-electron chi connectivity index (χ3n) is 7.57. The van der Waals surface area contributed by atoms with Gasteiger partial charge in [0.05, 0.1) is 17.8 Å². The summed E-state index contributed by atoms with van der Waals surface area (Å²) in [6, 6.07) is 24.4. The number of aryl methyl sites for hydroxylation is 1. The van der Waals surface area contributed by atoms with Crippen molar-refractivity contribution in [3.05, 3.63) is 113 Å². The van der Waals surface area contributed by atoms with Crippen molar-refractivity contribution in [1.29, 1.82) is 0 Å². The van der Waals surface area contributed by atoms with Crippen molar-refractivity contribution in [1.82, 2.24) is 29.9 Å². The normalized spacial score (nSPS) is 12.2. The zero-order chi connectivity index (χ0) is 30.1. The van der Waals surface area contributed by atoms with E-state index in [-0.39, 0.29) is 17.8 Å². The van der Waals surface area contributed by atoms with Crippen LogP contribution in [0.25, 0.3) is 22.0 Å². The number of carbonyl (C=O) groups is 3. The van der Waals surface area contributed by atoms with E-state index in [1.54, 1.807) is 42.0 Å². The fraction of sp³-hybridized carbons (Fsp3) is 0.182. The van der Waals surface area contributed by atoms with Crippen LogP contribution in [0.15, 0.2) is 85.1 Å². The van der Waals surface area contributed by atoms with Gasteiger partial charge in [0, 0.05) is 57.1 Å². The lowest BCUT2D eigenvalue weighted by Gasteiger charge is -2.15. The molecule has 4 amide bonds. The van der Waals surface area contributed by atoms with Gasteiger partial charge in [-0.1, -0.05) is 36.4 Å². The van der Waals surface area contributed by atoms with E-state index < -0.39 is 0 Å². The van der Waals surface area contributed by atoms with Crippen LogP contribution in [-0.2, 0) is 26.7 Å². The van der Waals surface area contributed by atoms with Gasteiger partial charge >= 0.3 is 6.03 Å². The van der Waals surface area contributed by atoms with E-state index in [4.69, 9.17) is 0 Å². The van der Waals surface area contributed by atoms with Gasteiger partial charge in [0.1, 0.15) is 0 Å². The second-order valence-corrected chi connectivity index (χ2v) is 10.8. The summed E-state index contributed by atoms with van der Waals surface area (Å²) in [6.07, 6.45) is 1.75. The Balaban J connectivity index is 1.15. The molecule has 0 fully saturated rings. The van der Waals surface area contributed by atoms with Crippen molar-refractivity contribution in [2.24, 2.45) is 7.05 Å². The van der Waals surface area contributed by atoms with E-state index in [2.05, 4.69) is 20.7 Å². The quantitative estimate of drug-likeness (QED) is 0.303. The number of fused-ring (bicyclic) bond motifs is 2. The largest absolute Gasteiger partial charge is 0.347 e. The van der Waals surface area contributed by atoms with Gasteiger partial charge in [0.25, 0.3) is 11.8 Å². The molecule has 10 nitrogen and oxygen atoms in total. The van der Waals surface area contributed by atoms with Crippen molar-refractivity contribution in [3.8, 4) is 11.1 Å². The number of hydrogen-bond acceptors (Lipinski definition) is 5. The van der Waals surface area contributed by atoms with Crippen molar-refractivity contribution in [2.75, 3.05) is 19.4 Å². The molecule has 5 aromatic rings. The predicted molar refractivity (Wildman–Crippen MR) is 164 cm³/mol. The number of amides is 4. The maximum atomic E-state index is 13.2. The zero-order valence-electron chi connectivity index (χ0n) is 24.2. The van der Waals surface area contributed by atoms with Gasteiger partial charge in [-0.3, -0.25) is 19.3 Å². The van der Waals surface area contributed by atoms with Gasteiger partial charge in [-0.2, -0.15) is 5.10 Å². The maximum Gasteiger partial charge on any atom is 0.321 e. The molecule has 0 saturated carbocycles. The minimum atomic E-state index is -0.283. The lowest BCUT2D eigenvalue weighted by atomic mass is 10.0. The molecule has 2 N–H and O–H groups in total. The van der Waals surface area contributed by atoms with Crippen LogP contribution in [0.5, 0.6) is 0 Å². The highest BCUT2D eigenvalue weighted by Crippen LogP contribution is 2.28. The van der Waals surface area contributed by atoms with E-state index in [0.717, 1.165) is 38.9 Å². The molecule has 10 heteroatoms. The summed E-state index contributed by atoms with van der Waals surface area (Å²) in [5.74, 6) is -0.311. The summed E-state index contributed by atoms with van der Waals surface area (Å²) < 4.78 is 1.70. The van der Waals surface area contributed by atoms with E-state index in [1.165, 1.54) is 4.90 Å². The van der Waals surface area contributed by atoms with Gasteiger partial charge in [-0.25, -0.2) is 4.79 Å². The molecule has 3 heterocycles. The number of aromatic nitrogens is 3. The molecule has 2 aromatic heterocycles. The minimum Gasteiger partial charge on any atom is -0.347 e. The Labute approximate surface area is 248 Å². The average Bonchev–Trinajstić information content (AvgIpc) is 3.61. The van der Waals surface area contributed by atoms with Crippen molar-refractivity contribution in [3.63, 3.8) is 0 Å². The van der Waals surface area contributed by atoms with Crippen molar-refractivity contribution >= 4 is 34.4 Å². The van der Waals surface area contributed by atoms with Crippen LogP contribution in [0.3, 0.4) is 0 Å². The van der Waals surface area contributed by atoms with Gasteiger partial charge in [0.2, 0.25) is 0 Å². The first-order valence-corrected chi connectivity index (χ1v) is 13.9. The Morgan fingerprint density at radius 2 is 1.65 bits per heavy atom. The third-order valence-corrected chi connectivity index (χ3v) is 7.57. The van der Waals surface area contributed by atoms with E-state index in [1.807, 2.05) is 73.8 Å². The number of hydrogen-bond donors (Lipinski definition) is 2. The molecule has 3 aromatic carbocycles. The Kier molecular flexibility index (Phi) is 7.33. The first-order chi connectivity index (χ1) is 20.8. The Morgan fingerprint density at radius 1 is 0.907 bits per heavy atom. The first kappa shape index (κ1) is 27.6. The van der Waals surface area contributed by atoms with E-state index in [0.29, 0.717) is 36.6 Å². The van der Waals surface area contributed by atoms with Gasteiger partial charge in [0.15, 0.2) is 5.69 Å². The SMILES string of the molecule is CN(C)C(=O)Nc1ccc(CNC(=O)c2nn(C)c3ccc(-c4ccc(C(=O)N5Cc6cccnc6C5)cc4)cc23)cc1.